The Morgan fingerprint density at radius 3 is 2.48 bits per heavy atom. The molecule has 1 amide bonds. The minimum Gasteiger partial charge on any atom is -0.326 e. The number of nitrogens with zero attached hydrogens (tertiary/aromatic N) is 2. The molecule has 6 nitrogen and oxygen atoms in total. The van der Waals surface area contributed by atoms with Gasteiger partial charge in [-0.1, -0.05) is 23.9 Å². The number of rotatable bonds is 6. The van der Waals surface area contributed by atoms with Gasteiger partial charge in [0.1, 0.15) is 0 Å². The zero-order chi connectivity index (χ0) is 20.5. The molecule has 1 fully saturated rings. The van der Waals surface area contributed by atoms with Crippen molar-refractivity contribution in [1.29, 1.82) is 0 Å². The summed E-state index contributed by atoms with van der Waals surface area (Å²) in [6.45, 7) is 3.26. The first-order valence-corrected chi connectivity index (χ1v) is 10.4. The van der Waals surface area contributed by atoms with Gasteiger partial charge >= 0.3 is 0 Å². The van der Waals surface area contributed by atoms with Crippen molar-refractivity contribution < 1.29 is 9.59 Å². The van der Waals surface area contributed by atoms with E-state index in [2.05, 4.69) is 10.3 Å². The Morgan fingerprint density at radius 2 is 1.83 bits per heavy atom. The van der Waals surface area contributed by atoms with Gasteiger partial charge in [0.05, 0.1) is 16.2 Å². The van der Waals surface area contributed by atoms with Gasteiger partial charge in [-0.15, -0.1) is 0 Å². The molecule has 0 bridgehead atoms. The van der Waals surface area contributed by atoms with E-state index in [-0.39, 0.29) is 23.3 Å². The highest BCUT2D eigenvalue weighted by molar-refractivity contribution is 8.00. The van der Waals surface area contributed by atoms with Crippen molar-refractivity contribution in [3.8, 4) is 0 Å². The Morgan fingerprint density at radius 1 is 1.14 bits per heavy atom. The van der Waals surface area contributed by atoms with Crippen LogP contribution in [0.5, 0.6) is 0 Å². The summed E-state index contributed by atoms with van der Waals surface area (Å²) < 4.78 is 1.75. The van der Waals surface area contributed by atoms with Gasteiger partial charge in [0.15, 0.2) is 10.9 Å². The summed E-state index contributed by atoms with van der Waals surface area (Å²) >= 11 is 1.32. The first kappa shape index (κ1) is 19.4. The van der Waals surface area contributed by atoms with Crippen LogP contribution in [0.15, 0.2) is 58.5 Å². The Hall–Kier alpha value is -2.93. The van der Waals surface area contributed by atoms with E-state index in [1.54, 1.807) is 34.9 Å². The van der Waals surface area contributed by atoms with Crippen LogP contribution < -0.4 is 10.9 Å². The quantitative estimate of drug-likeness (QED) is 0.379. The van der Waals surface area contributed by atoms with Gasteiger partial charge in [-0.05, 0) is 56.2 Å². The van der Waals surface area contributed by atoms with Crippen molar-refractivity contribution in [3.63, 3.8) is 0 Å². The molecule has 0 unspecified atom stereocenters. The summed E-state index contributed by atoms with van der Waals surface area (Å²) in [5, 5.41) is 3.48. The molecule has 4 rings (SSSR count). The molecule has 1 aliphatic rings. The average Bonchev–Trinajstić information content (AvgIpc) is 3.53. The summed E-state index contributed by atoms with van der Waals surface area (Å²) in [6, 6.07) is 14.3. The first-order chi connectivity index (χ1) is 13.9. The summed E-state index contributed by atoms with van der Waals surface area (Å²) in [5.74, 6) is -0.206. The molecular weight excluding hydrogens is 386 g/mol. The molecule has 2 aromatic carbocycles. The topological polar surface area (TPSA) is 81.1 Å². The van der Waals surface area contributed by atoms with E-state index >= 15 is 0 Å². The number of carbonyl (C=O) groups excluding carboxylic acids is 2. The Labute approximate surface area is 172 Å². The molecule has 1 aliphatic carbocycles. The molecular formula is C22H21N3O3S. The second-order valence-corrected chi connectivity index (χ2v) is 8.51. The van der Waals surface area contributed by atoms with Crippen LogP contribution >= 0.6 is 11.8 Å². The highest BCUT2D eigenvalue weighted by Crippen LogP contribution is 2.38. The van der Waals surface area contributed by atoms with E-state index in [0.29, 0.717) is 27.3 Å². The van der Waals surface area contributed by atoms with Crippen LogP contribution in [0.25, 0.3) is 10.9 Å². The number of Topliss-reactive ketones (excluding diaryl/α,β-unsaturated/α-hetero) is 1. The smallest absolute Gasteiger partial charge is 0.262 e. The second-order valence-electron chi connectivity index (χ2n) is 7.20. The second kappa shape index (κ2) is 7.83. The first-order valence-electron chi connectivity index (χ1n) is 9.54. The number of benzene rings is 2. The van der Waals surface area contributed by atoms with Gasteiger partial charge in [-0.3, -0.25) is 19.0 Å². The van der Waals surface area contributed by atoms with E-state index in [1.807, 2.05) is 25.1 Å². The standard InChI is InChI=1S/C22H21N3O3S/c1-13(20(27)15-7-9-16(10-8-15)23-14(2)26)29-22-24-19-6-4-3-5-18(19)21(28)25(22)17-11-12-17/h3-10,13,17H,11-12H2,1-2H3,(H,23,26)/t13-/m1/s1. The van der Waals surface area contributed by atoms with Crippen LogP contribution in [0, 0.1) is 0 Å². The van der Waals surface area contributed by atoms with Crippen molar-refractivity contribution in [1.82, 2.24) is 9.55 Å². The number of anilines is 1. The molecule has 29 heavy (non-hydrogen) atoms. The van der Waals surface area contributed by atoms with Gasteiger partial charge in [0.25, 0.3) is 5.56 Å². The molecule has 1 heterocycles. The van der Waals surface area contributed by atoms with Crippen molar-refractivity contribution in [3.05, 3.63) is 64.4 Å². The molecule has 1 N–H and O–H groups in total. The van der Waals surface area contributed by atoms with Crippen molar-refractivity contribution >= 4 is 40.0 Å². The summed E-state index contributed by atoms with van der Waals surface area (Å²) in [5.41, 5.74) is 1.81. The maximum atomic E-state index is 13.0. The van der Waals surface area contributed by atoms with Crippen LogP contribution in [0.3, 0.4) is 0 Å². The van der Waals surface area contributed by atoms with Crippen molar-refractivity contribution in [2.75, 3.05) is 5.32 Å². The molecule has 0 saturated heterocycles. The third kappa shape index (κ3) is 4.10. The van der Waals surface area contributed by atoms with Gasteiger partial charge in [0, 0.05) is 24.2 Å². The largest absolute Gasteiger partial charge is 0.326 e. The fourth-order valence-electron chi connectivity index (χ4n) is 3.23. The predicted octanol–water partition coefficient (Wildman–Crippen LogP) is 4.05. The lowest BCUT2D eigenvalue weighted by Gasteiger charge is -2.15. The fraction of sp³-hybridized carbons (Fsp3) is 0.273. The Kier molecular flexibility index (Phi) is 5.24. The summed E-state index contributed by atoms with van der Waals surface area (Å²) in [7, 11) is 0. The van der Waals surface area contributed by atoms with Crippen molar-refractivity contribution in [2.24, 2.45) is 0 Å². The number of fused-ring (bicyclic) bond motifs is 1. The number of ketones is 1. The molecule has 7 heteroatoms. The zero-order valence-electron chi connectivity index (χ0n) is 16.2. The molecule has 1 atom stereocenters. The van der Waals surface area contributed by atoms with E-state index in [0.717, 1.165) is 12.8 Å². The number of aromatic nitrogens is 2. The van der Waals surface area contributed by atoms with Crippen LogP contribution in [-0.2, 0) is 4.79 Å². The zero-order valence-corrected chi connectivity index (χ0v) is 17.0. The van der Waals surface area contributed by atoms with E-state index in [4.69, 9.17) is 0 Å². The Balaban J connectivity index is 1.61. The number of hydrogen-bond acceptors (Lipinski definition) is 5. The highest BCUT2D eigenvalue weighted by Gasteiger charge is 2.30. The minimum absolute atomic E-state index is 0.0418. The van der Waals surface area contributed by atoms with Crippen molar-refractivity contribution in [2.45, 2.75) is 43.1 Å². The lowest BCUT2D eigenvalue weighted by atomic mass is 10.1. The number of hydrogen-bond donors (Lipinski definition) is 1. The monoisotopic (exact) mass is 407 g/mol. The van der Waals surface area contributed by atoms with Gasteiger partial charge in [-0.2, -0.15) is 0 Å². The average molecular weight is 407 g/mol. The van der Waals surface area contributed by atoms with Gasteiger partial charge in [0.2, 0.25) is 5.91 Å². The summed E-state index contributed by atoms with van der Waals surface area (Å²) in [4.78, 5) is 41.7. The third-order valence-corrected chi connectivity index (χ3v) is 5.90. The van der Waals surface area contributed by atoms with Gasteiger partial charge in [-0.25, -0.2) is 4.98 Å². The van der Waals surface area contributed by atoms with E-state index in [1.165, 1.54) is 18.7 Å². The molecule has 0 radical (unpaired) electrons. The highest BCUT2D eigenvalue weighted by atomic mass is 32.2. The number of nitrogens with one attached hydrogen (secondary N) is 1. The third-order valence-electron chi connectivity index (χ3n) is 4.83. The maximum Gasteiger partial charge on any atom is 0.262 e. The van der Waals surface area contributed by atoms with E-state index in [9.17, 15) is 14.4 Å². The SMILES string of the molecule is CC(=O)Nc1ccc(C(=O)[C@@H](C)Sc2nc3ccccc3c(=O)n2C2CC2)cc1. The maximum absolute atomic E-state index is 13.0. The van der Waals surface area contributed by atoms with Crippen LogP contribution in [-0.4, -0.2) is 26.5 Å². The molecule has 1 aromatic heterocycles. The van der Waals surface area contributed by atoms with E-state index < -0.39 is 5.25 Å². The number of para-hydroxylation sites is 1. The lowest BCUT2D eigenvalue weighted by molar-refractivity contribution is -0.114. The Bertz CT molecular complexity index is 1150. The predicted molar refractivity (Wildman–Crippen MR) is 115 cm³/mol. The normalized spacial score (nSPS) is 14.6. The minimum atomic E-state index is -0.403. The van der Waals surface area contributed by atoms with Gasteiger partial charge < -0.3 is 5.32 Å². The summed E-state index contributed by atoms with van der Waals surface area (Å²) in [6.07, 6.45) is 1.92. The molecule has 148 valence electrons. The number of carbonyl (C=O) groups is 2. The fourth-order valence-corrected chi connectivity index (χ4v) is 4.29. The molecule has 0 aliphatic heterocycles. The lowest BCUT2D eigenvalue weighted by Crippen LogP contribution is -2.24. The number of thioether (sulfide) groups is 1. The van der Waals surface area contributed by atoms with Crippen LogP contribution in [0.2, 0.25) is 0 Å². The molecule has 0 spiro atoms. The molecule has 1 saturated carbocycles. The van der Waals surface area contributed by atoms with Crippen LogP contribution in [0.4, 0.5) is 5.69 Å². The molecule has 3 aromatic rings. The van der Waals surface area contributed by atoms with Crippen LogP contribution in [0.1, 0.15) is 43.1 Å². The number of amides is 1.